The molecule has 4 atom stereocenters. The van der Waals surface area contributed by atoms with Crippen molar-refractivity contribution in [2.45, 2.75) is 44.8 Å². The van der Waals surface area contributed by atoms with E-state index < -0.39 is 6.04 Å². The molecule has 1 saturated carbocycles. The number of amides is 1. The third-order valence-electron chi connectivity index (χ3n) is 7.37. The quantitative estimate of drug-likeness (QED) is 0.674. The Bertz CT molecular complexity index is 909. The van der Waals surface area contributed by atoms with Crippen molar-refractivity contribution in [2.24, 2.45) is 11.8 Å². The van der Waals surface area contributed by atoms with Crippen molar-refractivity contribution in [3.8, 4) is 0 Å². The van der Waals surface area contributed by atoms with Crippen molar-refractivity contribution in [3.05, 3.63) is 46.2 Å². The topological polar surface area (TPSA) is 59.1 Å². The van der Waals surface area contributed by atoms with Gasteiger partial charge in [0.15, 0.2) is 11.5 Å². The zero-order valence-corrected chi connectivity index (χ0v) is 19.4. The number of hydrogen-bond acceptors (Lipinski definition) is 5. The number of hydrogen-bond donors (Lipinski definition) is 0. The molecular weight excluding hydrogens is 428 g/mol. The van der Waals surface area contributed by atoms with Gasteiger partial charge in [-0.15, -0.1) is 0 Å². The van der Waals surface area contributed by atoms with Crippen molar-refractivity contribution in [3.63, 3.8) is 0 Å². The third kappa shape index (κ3) is 4.09. The van der Waals surface area contributed by atoms with E-state index in [4.69, 9.17) is 21.1 Å². The Morgan fingerprint density at radius 2 is 1.81 bits per heavy atom. The second-order valence-corrected chi connectivity index (χ2v) is 9.98. The molecule has 1 amide bonds. The van der Waals surface area contributed by atoms with Gasteiger partial charge in [0.25, 0.3) is 5.91 Å². The first-order chi connectivity index (χ1) is 15.5. The van der Waals surface area contributed by atoms with Gasteiger partial charge in [-0.2, -0.15) is 0 Å². The summed E-state index contributed by atoms with van der Waals surface area (Å²) in [6.07, 6.45) is 3.38. The minimum Gasteiger partial charge on any atom is -0.483 e. The number of benzene rings is 1. The van der Waals surface area contributed by atoms with Crippen LogP contribution in [0.5, 0.6) is 0 Å². The van der Waals surface area contributed by atoms with Gasteiger partial charge in [-0.1, -0.05) is 30.7 Å². The zero-order valence-electron chi connectivity index (χ0n) is 18.6. The van der Waals surface area contributed by atoms with Gasteiger partial charge < -0.3 is 14.4 Å². The maximum atomic E-state index is 13.7. The predicted molar refractivity (Wildman–Crippen MR) is 121 cm³/mol. The zero-order chi connectivity index (χ0) is 22.2. The summed E-state index contributed by atoms with van der Waals surface area (Å²) in [6, 6.07) is 7.10. The van der Waals surface area contributed by atoms with Crippen molar-refractivity contribution < 1.29 is 19.1 Å². The van der Waals surface area contributed by atoms with Crippen LogP contribution < -0.4 is 0 Å². The Kier molecular flexibility index (Phi) is 6.28. The van der Waals surface area contributed by atoms with Gasteiger partial charge >= 0.3 is 0 Å². The molecule has 4 aliphatic rings. The molecular formula is C25H31ClN2O4. The molecule has 3 aliphatic heterocycles. The molecule has 2 fully saturated rings. The van der Waals surface area contributed by atoms with Crippen LogP contribution in [0.1, 0.15) is 44.2 Å². The highest BCUT2D eigenvalue weighted by Gasteiger charge is 2.52. The highest BCUT2D eigenvalue weighted by Crippen LogP contribution is 2.47. The summed E-state index contributed by atoms with van der Waals surface area (Å²) in [5.74, 6) is 0.603. The average Bonchev–Trinajstić information content (AvgIpc) is 3.08. The lowest BCUT2D eigenvalue weighted by molar-refractivity contribution is -0.136. The van der Waals surface area contributed by atoms with E-state index in [2.05, 4.69) is 11.8 Å². The molecule has 0 aromatic heterocycles. The van der Waals surface area contributed by atoms with Crippen LogP contribution in [0.25, 0.3) is 0 Å². The first-order valence-electron chi connectivity index (χ1n) is 11.8. The Hall–Kier alpha value is -1.89. The standard InChI is InChI=1S/C25H31ClN2O4/c1-16-3-8-20-19(15-16)23(29)21-22(17-4-6-18(26)7-5-17)28(25(30)24(21)32-20)10-2-9-27-11-13-31-14-12-27/h4-7,16,19-20,22H,2-3,8-15H2,1H3. The van der Waals surface area contributed by atoms with Gasteiger partial charge in [0.05, 0.1) is 30.7 Å². The minimum absolute atomic E-state index is 0.103. The second-order valence-electron chi connectivity index (χ2n) is 9.55. The highest BCUT2D eigenvalue weighted by atomic mass is 35.5. The fourth-order valence-electron chi connectivity index (χ4n) is 5.64. The molecule has 6 nitrogen and oxygen atoms in total. The average molecular weight is 459 g/mol. The van der Waals surface area contributed by atoms with E-state index in [1.165, 1.54) is 0 Å². The molecule has 3 heterocycles. The van der Waals surface area contributed by atoms with Gasteiger partial charge in [-0.05, 0) is 49.3 Å². The summed E-state index contributed by atoms with van der Waals surface area (Å²) < 4.78 is 11.7. The molecule has 7 heteroatoms. The van der Waals surface area contributed by atoms with Crippen LogP contribution >= 0.6 is 11.6 Å². The van der Waals surface area contributed by atoms with Gasteiger partial charge in [0.2, 0.25) is 0 Å². The van der Waals surface area contributed by atoms with Crippen molar-refractivity contribution in [1.29, 1.82) is 0 Å². The smallest absolute Gasteiger partial charge is 0.290 e. The summed E-state index contributed by atoms with van der Waals surface area (Å²) >= 11 is 6.13. The Labute approximate surface area is 194 Å². The van der Waals surface area contributed by atoms with Gasteiger partial charge in [-0.3, -0.25) is 14.5 Å². The van der Waals surface area contributed by atoms with Gasteiger partial charge in [0, 0.05) is 31.2 Å². The van der Waals surface area contributed by atoms with Crippen LogP contribution in [0.4, 0.5) is 0 Å². The number of nitrogens with zero attached hydrogens (tertiary/aromatic N) is 2. The lowest BCUT2D eigenvalue weighted by Crippen LogP contribution is -2.41. The number of Topliss-reactive ketones (excluding diaryl/α,β-unsaturated/α-hetero) is 1. The SMILES string of the molecule is CC1CCC2OC3=C(C(=O)C2C1)C(c1ccc(Cl)cc1)N(CCCN1CCOCC1)C3=O. The summed E-state index contributed by atoms with van der Waals surface area (Å²) in [5.41, 5.74) is 1.47. The summed E-state index contributed by atoms with van der Waals surface area (Å²) in [5, 5.41) is 0.638. The van der Waals surface area contributed by atoms with Crippen LogP contribution in [0.15, 0.2) is 35.6 Å². The van der Waals surface area contributed by atoms with E-state index in [1.807, 2.05) is 29.2 Å². The second kappa shape index (κ2) is 9.16. The lowest BCUT2D eigenvalue weighted by Gasteiger charge is -2.37. The number of halogens is 1. The molecule has 1 aromatic rings. The highest BCUT2D eigenvalue weighted by molar-refractivity contribution is 6.30. The number of ketones is 1. The van der Waals surface area contributed by atoms with E-state index in [0.29, 0.717) is 23.1 Å². The van der Waals surface area contributed by atoms with Crippen LogP contribution in [-0.2, 0) is 19.1 Å². The normalized spacial score (nSPS) is 30.9. The van der Waals surface area contributed by atoms with E-state index in [-0.39, 0.29) is 29.5 Å². The van der Waals surface area contributed by atoms with Gasteiger partial charge in [-0.25, -0.2) is 0 Å². The molecule has 5 rings (SSSR count). The number of carbonyl (C=O) groups is 2. The Balaban J connectivity index is 1.41. The fourth-order valence-corrected chi connectivity index (χ4v) is 5.76. The maximum absolute atomic E-state index is 13.7. The molecule has 0 bridgehead atoms. The van der Waals surface area contributed by atoms with Crippen LogP contribution in [-0.4, -0.2) is 67.0 Å². The predicted octanol–water partition coefficient (Wildman–Crippen LogP) is 3.60. The summed E-state index contributed by atoms with van der Waals surface area (Å²) in [4.78, 5) is 31.4. The first kappa shape index (κ1) is 21.9. The van der Waals surface area contributed by atoms with Crippen LogP contribution in [0.2, 0.25) is 5.02 Å². The van der Waals surface area contributed by atoms with Crippen molar-refractivity contribution in [1.82, 2.24) is 9.80 Å². The number of rotatable bonds is 5. The molecule has 0 spiro atoms. The van der Waals surface area contributed by atoms with E-state index >= 15 is 0 Å². The minimum atomic E-state index is -0.398. The van der Waals surface area contributed by atoms with Gasteiger partial charge in [0.1, 0.15) is 6.10 Å². The third-order valence-corrected chi connectivity index (χ3v) is 7.62. The Morgan fingerprint density at radius 1 is 1.06 bits per heavy atom. The van der Waals surface area contributed by atoms with Crippen molar-refractivity contribution in [2.75, 3.05) is 39.4 Å². The number of morpholine rings is 1. The molecule has 172 valence electrons. The molecule has 32 heavy (non-hydrogen) atoms. The largest absolute Gasteiger partial charge is 0.483 e. The first-order valence-corrected chi connectivity index (χ1v) is 12.2. The van der Waals surface area contributed by atoms with E-state index in [1.54, 1.807) is 0 Å². The molecule has 0 N–H and O–H groups in total. The van der Waals surface area contributed by atoms with Crippen molar-refractivity contribution >= 4 is 23.3 Å². The Morgan fingerprint density at radius 3 is 2.56 bits per heavy atom. The monoisotopic (exact) mass is 458 g/mol. The van der Waals surface area contributed by atoms with E-state index in [9.17, 15) is 9.59 Å². The molecule has 1 aliphatic carbocycles. The molecule has 0 radical (unpaired) electrons. The summed E-state index contributed by atoms with van der Waals surface area (Å²) in [7, 11) is 0. The van der Waals surface area contributed by atoms with Crippen LogP contribution in [0, 0.1) is 11.8 Å². The summed E-state index contributed by atoms with van der Waals surface area (Å²) in [6.45, 7) is 7.05. The number of ether oxygens (including phenoxy) is 2. The fraction of sp³-hybridized carbons (Fsp3) is 0.600. The molecule has 4 unspecified atom stereocenters. The van der Waals surface area contributed by atoms with E-state index in [0.717, 1.165) is 64.1 Å². The number of fused-ring (bicyclic) bond motifs is 1. The van der Waals surface area contributed by atoms with Crippen LogP contribution in [0.3, 0.4) is 0 Å². The maximum Gasteiger partial charge on any atom is 0.290 e. The lowest BCUT2D eigenvalue weighted by atomic mass is 9.74. The number of carbonyl (C=O) groups excluding carboxylic acids is 2. The molecule has 1 saturated heterocycles. The molecule has 1 aromatic carbocycles.